The minimum Gasteiger partial charge on any atom is -0.342 e. The molecule has 3 rings (SSSR count). The van der Waals surface area contributed by atoms with E-state index in [0.29, 0.717) is 19.1 Å². The molecule has 2 N–H and O–H groups in total. The zero-order valence-corrected chi connectivity index (χ0v) is 15.8. The second kappa shape index (κ2) is 8.54. The minimum atomic E-state index is -0.109. The van der Waals surface area contributed by atoms with Crippen molar-refractivity contribution in [3.63, 3.8) is 0 Å². The van der Waals surface area contributed by atoms with Gasteiger partial charge in [0.25, 0.3) is 0 Å². The molecule has 2 fully saturated rings. The first-order valence-corrected chi connectivity index (χ1v) is 9.65. The first-order valence-electron chi connectivity index (χ1n) is 9.65. The van der Waals surface area contributed by atoms with Crippen LogP contribution in [-0.4, -0.2) is 61.0 Å². The summed E-state index contributed by atoms with van der Waals surface area (Å²) in [5, 5.41) is 6.25. The molecule has 6 nitrogen and oxygen atoms in total. The van der Waals surface area contributed by atoms with Crippen molar-refractivity contribution in [3.8, 4) is 0 Å². The van der Waals surface area contributed by atoms with Crippen LogP contribution in [0.15, 0.2) is 24.3 Å². The number of benzene rings is 1. The van der Waals surface area contributed by atoms with Crippen LogP contribution in [0.5, 0.6) is 0 Å². The zero-order valence-electron chi connectivity index (χ0n) is 15.8. The third-order valence-corrected chi connectivity index (χ3v) is 5.54. The highest BCUT2D eigenvalue weighted by Crippen LogP contribution is 2.22. The van der Waals surface area contributed by atoms with Crippen molar-refractivity contribution in [1.29, 1.82) is 0 Å². The number of hydrogen-bond donors (Lipinski definition) is 2. The number of anilines is 1. The highest BCUT2D eigenvalue weighted by molar-refractivity contribution is 5.90. The molecule has 2 saturated heterocycles. The summed E-state index contributed by atoms with van der Waals surface area (Å²) in [6, 6.07) is 8.19. The lowest BCUT2D eigenvalue weighted by atomic mass is 9.95. The number of urea groups is 1. The topological polar surface area (TPSA) is 64.7 Å². The van der Waals surface area contributed by atoms with Gasteiger partial charge in [0.2, 0.25) is 5.91 Å². The van der Waals surface area contributed by atoms with Gasteiger partial charge < -0.3 is 20.4 Å². The maximum absolute atomic E-state index is 12.9. The van der Waals surface area contributed by atoms with Gasteiger partial charge in [0.05, 0.1) is 5.92 Å². The Morgan fingerprint density at radius 2 is 1.85 bits per heavy atom. The molecule has 1 unspecified atom stereocenters. The average molecular weight is 358 g/mol. The van der Waals surface area contributed by atoms with E-state index in [4.69, 9.17) is 0 Å². The fraction of sp³-hybridized carbons (Fsp3) is 0.600. The van der Waals surface area contributed by atoms with Crippen molar-refractivity contribution in [2.24, 2.45) is 5.92 Å². The molecule has 1 aromatic rings. The summed E-state index contributed by atoms with van der Waals surface area (Å²) in [5.41, 5.74) is 1.91. The Morgan fingerprint density at radius 1 is 1.08 bits per heavy atom. The number of aryl methyl sites for hydroxylation is 1. The van der Waals surface area contributed by atoms with Gasteiger partial charge in [-0.3, -0.25) is 4.79 Å². The van der Waals surface area contributed by atoms with Crippen molar-refractivity contribution in [2.45, 2.75) is 38.6 Å². The van der Waals surface area contributed by atoms with Gasteiger partial charge in [-0.2, -0.15) is 0 Å². The molecule has 2 aliphatic rings. The summed E-state index contributed by atoms with van der Waals surface area (Å²) in [6.07, 6.45) is 3.77. The van der Waals surface area contributed by atoms with Gasteiger partial charge in [-0.05, 0) is 57.4 Å². The maximum atomic E-state index is 12.9. The predicted molar refractivity (Wildman–Crippen MR) is 103 cm³/mol. The summed E-state index contributed by atoms with van der Waals surface area (Å²) in [7, 11) is 1.98. The first-order chi connectivity index (χ1) is 12.6. The van der Waals surface area contributed by atoms with Gasteiger partial charge in [0, 0.05) is 37.9 Å². The normalized spacial score (nSPS) is 21.5. The number of nitrogens with zero attached hydrogens (tertiary/aromatic N) is 2. The summed E-state index contributed by atoms with van der Waals surface area (Å²) in [5.74, 6) is 0.144. The van der Waals surface area contributed by atoms with Crippen LogP contribution in [0, 0.1) is 12.8 Å². The Morgan fingerprint density at radius 3 is 2.54 bits per heavy atom. The summed E-state index contributed by atoms with van der Waals surface area (Å²) in [6.45, 7) is 4.86. The molecule has 2 aliphatic heterocycles. The molecule has 0 saturated carbocycles. The SMILES string of the molecule is CNC1CCN(C(=O)C2CCCN(C(=O)Nc3cccc(C)c3)C2)CC1. The number of amides is 3. The van der Waals surface area contributed by atoms with Crippen LogP contribution >= 0.6 is 0 Å². The van der Waals surface area contributed by atoms with Crippen LogP contribution in [0.25, 0.3) is 0 Å². The monoisotopic (exact) mass is 358 g/mol. The van der Waals surface area contributed by atoms with Gasteiger partial charge in [0.1, 0.15) is 0 Å². The van der Waals surface area contributed by atoms with E-state index in [1.807, 2.05) is 43.1 Å². The van der Waals surface area contributed by atoms with Gasteiger partial charge in [0.15, 0.2) is 0 Å². The van der Waals surface area contributed by atoms with E-state index < -0.39 is 0 Å². The second-order valence-electron chi connectivity index (χ2n) is 7.47. The Bertz CT molecular complexity index is 640. The van der Waals surface area contributed by atoms with Crippen LogP contribution in [0.1, 0.15) is 31.2 Å². The standard InChI is InChI=1S/C20H30N4O2/c1-15-5-3-7-18(13-15)22-20(26)24-10-4-6-16(14-24)19(25)23-11-8-17(21-2)9-12-23/h3,5,7,13,16-17,21H,4,6,8-12,14H2,1-2H3,(H,22,26). The van der Waals surface area contributed by atoms with Gasteiger partial charge >= 0.3 is 6.03 Å². The smallest absolute Gasteiger partial charge is 0.321 e. The van der Waals surface area contributed by atoms with Crippen LogP contribution in [-0.2, 0) is 4.79 Å². The van der Waals surface area contributed by atoms with Gasteiger partial charge in [-0.15, -0.1) is 0 Å². The third-order valence-electron chi connectivity index (χ3n) is 5.54. The quantitative estimate of drug-likeness (QED) is 0.872. The second-order valence-corrected chi connectivity index (χ2v) is 7.47. The maximum Gasteiger partial charge on any atom is 0.321 e. The van der Waals surface area contributed by atoms with Crippen LogP contribution < -0.4 is 10.6 Å². The van der Waals surface area contributed by atoms with Gasteiger partial charge in [-0.1, -0.05) is 12.1 Å². The molecule has 26 heavy (non-hydrogen) atoms. The molecule has 0 spiro atoms. The summed E-state index contributed by atoms with van der Waals surface area (Å²) in [4.78, 5) is 29.2. The molecule has 3 amide bonds. The molecular formula is C20H30N4O2. The van der Waals surface area contributed by atoms with E-state index in [1.165, 1.54) is 0 Å². The molecular weight excluding hydrogens is 328 g/mol. The number of nitrogens with one attached hydrogen (secondary N) is 2. The lowest BCUT2D eigenvalue weighted by Gasteiger charge is -2.37. The minimum absolute atomic E-state index is 0.0712. The Kier molecular flexibility index (Phi) is 6.14. The Balaban J connectivity index is 1.55. The number of likely N-dealkylation sites (tertiary alicyclic amines) is 2. The third kappa shape index (κ3) is 4.55. The molecule has 0 bridgehead atoms. The Hall–Kier alpha value is -2.08. The molecule has 0 radical (unpaired) electrons. The van der Waals surface area contributed by atoms with Crippen molar-refractivity contribution < 1.29 is 9.59 Å². The van der Waals surface area contributed by atoms with E-state index in [-0.39, 0.29) is 17.9 Å². The lowest BCUT2D eigenvalue weighted by molar-refractivity contribution is -0.138. The summed E-state index contributed by atoms with van der Waals surface area (Å²) < 4.78 is 0. The molecule has 1 aromatic carbocycles. The molecule has 142 valence electrons. The predicted octanol–water partition coefficient (Wildman–Crippen LogP) is 2.45. The van der Waals surface area contributed by atoms with Crippen molar-refractivity contribution in [2.75, 3.05) is 38.5 Å². The molecule has 6 heteroatoms. The van der Waals surface area contributed by atoms with Crippen LogP contribution in [0.3, 0.4) is 0 Å². The van der Waals surface area contributed by atoms with E-state index >= 15 is 0 Å². The van der Waals surface area contributed by atoms with Crippen LogP contribution in [0.2, 0.25) is 0 Å². The fourth-order valence-corrected chi connectivity index (χ4v) is 3.94. The largest absolute Gasteiger partial charge is 0.342 e. The van der Waals surface area contributed by atoms with Gasteiger partial charge in [-0.25, -0.2) is 4.79 Å². The van der Waals surface area contributed by atoms with E-state index in [9.17, 15) is 9.59 Å². The summed E-state index contributed by atoms with van der Waals surface area (Å²) >= 11 is 0. The molecule has 0 aliphatic carbocycles. The van der Waals surface area contributed by atoms with Crippen molar-refractivity contribution >= 4 is 17.6 Å². The Labute approximate surface area is 155 Å². The molecule has 2 heterocycles. The van der Waals surface area contributed by atoms with E-state index in [1.54, 1.807) is 4.90 Å². The zero-order chi connectivity index (χ0) is 18.5. The number of carbonyl (C=O) groups excluding carboxylic acids is 2. The van der Waals surface area contributed by atoms with Crippen LogP contribution in [0.4, 0.5) is 10.5 Å². The van der Waals surface area contributed by atoms with Crippen molar-refractivity contribution in [3.05, 3.63) is 29.8 Å². The first kappa shape index (κ1) is 18.7. The average Bonchev–Trinajstić information content (AvgIpc) is 2.67. The van der Waals surface area contributed by atoms with E-state index in [0.717, 1.165) is 50.0 Å². The van der Waals surface area contributed by atoms with Crippen molar-refractivity contribution in [1.82, 2.24) is 15.1 Å². The lowest BCUT2D eigenvalue weighted by Crippen LogP contribution is -2.50. The number of piperidine rings is 2. The molecule has 1 atom stereocenters. The van der Waals surface area contributed by atoms with E-state index in [2.05, 4.69) is 10.6 Å². The number of carbonyl (C=O) groups is 2. The highest BCUT2D eigenvalue weighted by Gasteiger charge is 2.32. The number of hydrogen-bond acceptors (Lipinski definition) is 3. The fourth-order valence-electron chi connectivity index (χ4n) is 3.94. The number of rotatable bonds is 3. The highest BCUT2D eigenvalue weighted by atomic mass is 16.2. The molecule has 0 aromatic heterocycles.